The van der Waals surface area contributed by atoms with Crippen LogP contribution >= 0.6 is 0 Å². The first-order chi connectivity index (χ1) is 8.15. The molecule has 5 nitrogen and oxygen atoms in total. The highest BCUT2D eigenvalue weighted by molar-refractivity contribution is 5.76. The van der Waals surface area contributed by atoms with Crippen LogP contribution in [0.3, 0.4) is 0 Å². The summed E-state index contributed by atoms with van der Waals surface area (Å²) in [7, 11) is 1.59. The quantitative estimate of drug-likeness (QED) is 0.721. The van der Waals surface area contributed by atoms with Crippen molar-refractivity contribution >= 4 is 5.97 Å². The average molecular weight is 236 g/mol. The number of ether oxygens (including phenoxy) is 1. The highest BCUT2D eigenvalue weighted by Crippen LogP contribution is 2.33. The molecule has 1 saturated heterocycles. The molecule has 1 aromatic rings. The largest absolute Gasteiger partial charge is 0.496 e. The molecule has 92 valence electrons. The summed E-state index contributed by atoms with van der Waals surface area (Å²) < 4.78 is 5.29. The van der Waals surface area contributed by atoms with Crippen molar-refractivity contribution in [3.05, 3.63) is 29.8 Å². The van der Waals surface area contributed by atoms with Crippen molar-refractivity contribution in [3.63, 3.8) is 0 Å². The zero-order chi connectivity index (χ0) is 12.4. The van der Waals surface area contributed by atoms with Crippen LogP contribution < -0.4 is 15.6 Å². The first kappa shape index (κ1) is 11.9. The molecule has 2 rings (SSSR count). The number of hydrogen-bond acceptors (Lipinski definition) is 4. The predicted octanol–water partition coefficient (Wildman–Crippen LogP) is 0.728. The predicted molar refractivity (Wildman–Crippen MR) is 62.9 cm³/mol. The second-order valence-corrected chi connectivity index (χ2v) is 4.16. The van der Waals surface area contributed by atoms with Gasteiger partial charge in [-0.2, -0.15) is 0 Å². The molecule has 3 N–H and O–H groups in total. The summed E-state index contributed by atoms with van der Waals surface area (Å²) in [4.78, 5) is 11.2. The Morgan fingerprint density at radius 1 is 1.35 bits per heavy atom. The molecular formula is C12H16N2O3. The van der Waals surface area contributed by atoms with Gasteiger partial charge in [0.1, 0.15) is 11.8 Å². The lowest BCUT2D eigenvalue weighted by molar-refractivity contribution is -0.139. The Hall–Kier alpha value is -1.59. The normalized spacial score (nSPS) is 28.0. The van der Waals surface area contributed by atoms with Crippen molar-refractivity contribution in [1.82, 2.24) is 10.9 Å². The molecule has 1 heterocycles. The SMILES string of the molecule is COc1ccccc1C1C(C)NNC1C(=O)O. The van der Waals surface area contributed by atoms with Gasteiger partial charge in [-0.3, -0.25) is 10.2 Å². The van der Waals surface area contributed by atoms with Crippen molar-refractivity contribution in [1.29, 1.82) is 0 Å². The average Bonchev–Trinajstić information content (AvgIpc) is 2.71. The van der Waals surface area contributed by atoms with Gasteiger partial charge in [0, 0.05) is 17.5 Å². The van der Waals surface area contributed by atoms with E-state index in [1.165, 1.54) is 0 Å². The molecule has 5 heteroatoms. The van der Waals surface area contributed by atoms with E-state index in [9.17, 15) is 9.90 Å². The second-order valence-electron chi connectivity index (χ2n) is 4.16. The van der Waals surface area contributed by atoms with Crippen molar-refractivity contribution in [3.8, 4) is 5.75 Å². The van der Waals surface area contributed by atoms with Gasteiger partial charge in [0.15, 0.2) is 0 Å². The molecule has 0 aliphatic carbocycles. The van der Waals surface area contributed by atoms with E-state index in [0.29, 0.717) is 0 Å². The third kappa shape index (κ3) is 2.11. The van der Waals surface area contributed by atoms with Gasteiger partial charge in [0.25, 0.3) is 0 Å². The van der Waals surface area contributed by atoms with E-state index >= 15 is 0 Å². The Bertz CT molecular complexity index is 422. The molecule has 0 aromatic heterocycles. The van der Waals surface area contributed by atoms with Crippen LogP contribution in [0.25, 0.3) is 0 Å². The molecule has 0 spiro atoms. The lowest BCUT2D eigenvalue weighted by Crippen LogP contribution is -2.38. The van der Waals surface area contributed by atoms with Gasteiger partial charge in [-0.15, -0.1) is 0 Å². The summed E-state index contributed by atoms with van der Waals surface area (Å²) in [6.45, 7) is 1.95. The highest BCUT2D eigenvalue weighted by Gasteiger charge is 2.40. The lowest BCUT2D eigenvalue weighted by atomic mass is 9.87. The Morgan fingerprint density at radius 2 is 2.06 bits per heavy atom. The van der Waals surface area contributed by atoms with Crippen molar-refractivity contribution in [2.45, 2.75) is 24.9 Å². The van der Waals surface area contributed by atoms with Crippen LogP contribution in [0.2, 0.25) is 0 Å². The molecule has 0 amide bonds. The zero-order valence-electron chi connectivity index (χ0n) is 9.81. The van der Waals surface area contributed by atoms with Gasteiger partial charge < -0.3 is 9.84 Å². The summed E-state index contributed by atoms with van der Waals surface area (Å²) in [5.41, 5.74) is 6.67. The summed E-state index contributed by atoms with van der Waals surface area (Å²) >= 11 is 0. The molecule has 3 unspecified atom stereocenters. The first-order valence-corrected chi connectivity index (χ1v) is 5.52. The Morgan fingerprint density at radius 3 is 2.71 bits per heavy atom. The van der Waals surface area contributed by atoms with Crippen LogP contribution in [0, 0.1) is 0 Å². The van der Waals surface area contributed by atoms with Crippen LogP contribution in [0.15, 0.2) is 24.3 Å². The van der Waals surface area contributed by atoms with E-state index < -0.39 is 12.0 Å². The summed E-state index contributed by atoms with van der Waals surface area (Å²) in [5.74, 6) is -0.289. The minimum atomic E-state index is -0.863. The van der Waals surface area contributed by atoms with Crippen molar-refractivity contribution in [2.75, 3.05) is 7.11 Å². The van der Waals surface area contributed by atoms with E-state index in [2.05, 4.69) is 10.9 Å². The maximum atomic E-state index is 11.2. The van der Waals surface area contributed by atoms with E-state index in [1.54, 1.807) is 7.11 Å². The number of carboxylic acid groups (broad SMARTS) is 1. The first-order valence-electron chi connectivity index (χ1n) is 5.52. The van der Waals surface area contributed by atoms with Crippen molar-refractivity contribution in [2.24, 2.45) is 0 Å². The van der Waals surface area contributed by atoms with E-state index in [0.717, 1.165) is 11.3 Å². The van der Waals surface area contributed by atoms with Gasteiger partial charge in [0.05, 0.1) is 7.11 Å². The molecule has 1 aliphatic rings. The molecule has 1 aromatic carbocycles. The minimum absolute atomic E-state index is 0.0346. The fraction of sp³-hybridized carbons (Fsp3) is 0.417. The lowest BCUT2D eigenvalue weighted by Gasteiger charge is -2.20. The van der Waals surface area contributed by atoms with Gasteiger partial charge in [0.2, 0.25) is 0 Å². The van der Waals surface area contributed by atoms with Crippen molar-refractivity contribution < 1.29 is 14.6 Å². The van der Waals surface area contributed by atoms with Gasteiger partial charge in [-0.05, 0) is 13.0 Å². The third-order valence-corrected chi connectivity index (χ3v) is 3.13. The Labute approximate surface area is 99.8 Å². The zero-order valence-corrected chi connectivity index (χ0v) is 9.81. The monoisotopic (exact) mass is 236 g/mol. The van der Waals surface area contributed by atoms with E-state index in [-0.39, 0.29) is 12.0 Å². The van der Waals surface area contributed by atoms with Gasteiger partial charge in [-0.1, -0.05) is 18.2 Å². The number of carboxylic acids is 1. The molecular weight excluding hydrogens is 220 g/mol. The molecule has 1 fully saturated rings. The van der Waals surface area contributed by atoms with Gasteiger partial charge in [-0.25, -0.2) is 5.43 Å². The summed E-state index contributed by atoms with van der Waals surface area (Å²) in [6, 6.07) is 6.92. The van der Waals surface area contributed by atoms with Gasteiger partial charge >= 0.3 is 5.97 Å². The number of aliphatic carboxylic acids is 1. The molecule has 3 atom stereocenters. The number of methoxy groups -OCH3 is 1. The number of hydrogen-bond donors (Lipinski definition) is 3. The minimum Gasteiger partial charge on any atom is -0.496 e. The third-order valence-electron chi connectivity index (χ3n) is 3.13. The Balaban J connectivity index is 2.39. The second kappa shape index (κ2) is 4.73. The number of para-hydroxylation sites is 1. The maximum absolute atomic E-state index is 11.2. The number of benzene rings is 1. The van der Waals surface area contributed by atoms with Crippen LogP contribution in [0.5, 0.6) is 5.75 Å². The maximum Gasteiger partial charge on any atom is 0.322 e. The number of hydrazine groups is 1. The fourth-order valence-electron chi connectivity index (χ4n) is 2.30. The molecule has 17 heavy (non-hydrogen) atoms. The smallest absolute Gasteiger partial charge is 0.322 e. The molecule has 0 bridgehead atoms. The topological polar surface area (TPSA) is 70.6 Å². The number of carbonyl (C=O) groups is 1. The van der Waals surface area contributed by atoms with Crippen LogP contribution in [-0.2, 0) is 4.79 Å². The summed E-state index contributed by atoms with van der Waals surface area (Å²) in [5, 5.41) is 9.18. The van der Waals surface area contributed by atoms with Crippen LogP contribution in [0.4, 0.5) is 0 Å². The molecule has 1 aliphatic heterocycles. The Kier molecular flexibility index (Phi) is 3.31. The molecule has 0 radical (unpaired) electrons. The van der Waals surface area contributed by atoms with E-state index in [4.69, 9.17) is 4.74 Å². The highest BCUT2D eigenvalue weighted by atomic mass is 16.5. The summed E-state index contributed by atoms with van der Waals surface area (Å²) in [6.07, 6.45) is 0. The van der Waals surface area contributed by atoms with E-state index in [1.807, 2.05) is 31.2 Å². The number of nitrogens with one attached hydrogen (secondary N) is 2. The number of rotatable bonds is 3. The fourth-order valence-corrected chi connectivity index (χ4v) is 2.30. The van der Waals surface area contributed by atoms with Crippen LogP contribution in [-0.4, -0.2) is 30.3 Å². The molecule has 0 saturated carbocycles. The van der Waals surface area contributed by atoms with Crippen LogP contribution in [0.1, 0.15) is 18.4 Å². The standard InChI is InChI=1S/C12H16N2O3/c1-7-10(11(12(15)16)14-13-7)8-5-3-4-6-9(8)17-2/h3-7,10-11,13-14H,1-2H3,(H,15,16).